The van der Waals surface area contributed by atoms with Crippen LogP contribution in [-0.2, 0) is 9.53 Å². The van der Waals surface area contributed by atoms with E-state index in [1.165, 1.54) is 6.07 Å². The van der Waals surface area contributed by atoms with E-state index >= 15 is 0 Å². The Labute approximate surface area is 122 Å². The number of fused-ring (bicyclic) bond motifs is 1. The molecule has 1 aromatic carbocycles. The number of ether oxygens (including phenoxy) is 2. The number of ketones is 2. The van der Waals surface area contributed by atoms with E-state index in [0.717, 1.165) is 0 Å². The monoisotopic (exact) mass is 286 g/mol. The van der Waals surface area contributed by atoms with Gasteiger partial charge in [0.15, 0.2) is 5.75 Å². The summed E-state index contributed by atoms with van der Waals surface area (Å²) in [6.07, 6.45) is 0.960. The molecule has 0 saturated carbocycles. The van der Waals surface area contributed by atoms with Gasteiger partial charge < -0.3 is 9.47 Å². The summed E-state index contributed by atoms with van der Waals surface area (Å²) in [5.41, 5.74) is 0.309. The molecule has 1 unspecified atom stereocenters. The van der Waals surface area contributed by atoms with E-state index in [0.29, 0.717) is 0 Å². The third-order valence-electron chi connectivity index (χ3n) is 2.98. The Bertz CT molecular complexity index is 676. The van der Waals surface area contributed by atoms with Crippen molar-refractivity contribution in [3.05, 3.63) is 29.3 Å². The van der Waals surface area contributed by atoms with Crippen LogP contribution in [-0.4, -0.2) is 23.6 Å². The second-order valence-corrected chi connectivity index (χ2v) is 4.83. The maximum Gasteiger partial charge on any atom is 0.309 e. The number of carbonyl (C=O) groups excluding carboxylic acids is 3. The molecule has 1 aromatic rings. The molecular weight excluding hydrogens is 272 g/mol. The number of carbonyl (C=O) groups is 3. The first-order valence-corrected chi connectivity index (χ1v) is 6.48. The Morgan fingerprint density at radius 3 is 2.57 bits per heavy atom. The molecule has 0 N–H and O–H groups in total. The molecule has 0 aromatic heterocycles. The first-order valence-electron chi connectivity index (χ1n) is 6.48. The normalized spacial score (nSPS) is 16.3. The van der Waals surface area contributed by atoms with E-state index in [1.807, 2.05) is 0 Å². The van der Waals surface area contributed by atoms with E-state index in [9.17, 15) is 14.4 Å². The van der Waals surface area contributed by atoms with Crippen LogP contribution >= 0.6 is 0 Å². The van der Waals surface area contributed by atoms with Crippen molar-refractivity contribution < 1.29 is 23.9 Å². The largest absolute Gasteiger partial charge is 0.445 e. The molecule has 1 atom stereocenters. The Balaban J connectivity index is 2.37. The minimum absolute atomic E-state index is 0.117. The van der Waals surface area contributed by atoms with Gasteiger partial charge in [-0.3, -0.25) is 14.4 Å². The Morgan fingerprint density at radius 2 is 1.95 bits per heavy atom. The van der Waals surface area contributed by atoms with Gasteiger partial charge >= 0.3 is 5.97 Å². The minimum Gasteiger partial charge on any atom is -0.445 e. The van der Waals surface area contributed by atoms with Crippen LogP contribution in [0.15, 0.2) is 18.2 Å². The maximum absolute atomic E-state index is 12.3. The molecule has 1 aliphatic rings. The van der Waals surface area contributed by atoms with Crippen LogP contribution < -0.4 is 4.74 Å². The Hall–Kier alpha value is -2.61. The zero-order valence-corrected chi connectivity index (χ0v) is 11.9. The zero-order valence-electron chi connectivity index (χ0n) is 11.9. The number of Topliss-reactive ketones (excluding diaryl/α,β-unsaturated/α-hetero) is 2. The molecule has 5 heteroatoms. The van der Waals surface area contributed by atoms with Gasteiger partial charge in [0.1, 0.15) is 6.11 Å². The molecule has 0 radical (unpaired) electrons. The molecule has 0 amide bonds. The van der Waals surface area contributed by atoms with Crippen LogP contribution in [0.25, 0.3) is 0 Å². The highest BCUT2D eigenvalue weighted by Crippen LogP contribution is 2.32. The van der Waals surface area contributed by atoms with Crippen LogP contribution in [0.3, 0.4) is 0 Å². The summed E-state index contributed by atoms with van der Waals surface area (Å²) in [5, 5.41) is 0. The molecular formula is C16H14O5. The quantitative estimate of drug-likeness (QED) is 0.483. The average Bonchev–Trinajstić information content (AvgIpc) is 2.70. The van der Waals surface area contributed by atoms with Crippen molar-refractivity contribution in [1.29, 1.82) is 0 Å². The van der Waals surface area contributed by atoms with Gasteiger partial charge in [-0.15, -0.1) is 0 Å². The van der Waals surface area contributed by atoms with Gasteiger partial charge in [0.25, 0.3) is 0 Å². The fourth-order valence-corrected chi connectivity index (χ4v) is 1.93. The third kappa shape index (κ3) is 2.65. The van der Waals surface area contributed by atoms with Gasteiger partial charge in [-0.2, -0.15) is 0 Å². The lowest BCUT2D eigenvalue weighted by atomic mass is 10.1. The fraction of sp³-hybridized carbons (Fsp3) is 0.312. The van der Waals surface area contributed by atoms with Crippen molar-refractivity contribution in [3.8, 4) is 17.8 Å². The van der Waals surface area contributed by atoms with Gasteiger partial charge in [0, 0.05) is 12.5 Å². The van der Waals surface area contributed by atoms with Crippen LogP contribution in [0.2, 0.25) is 0 Å². The maximum atomic E-state index is 12.3. The Kier molecular flexibility index (Phi) is 4.08. The number of hydrogen-bond acceptors (Lipinski definition) is 5. The molecule has 1 aliphatic carbocycles. The van der Waals surface area contributed by atoms with E-state index in [1.54, 1.807) is 32.9 Å². The lowest BCUT2D eigenvalue weighted by Gasteiger charge is -2.11. The lowest BCUT2D eigenvalue weighted by molar-refractivity contribution is -0.148. The topological polar surface area (TPSA) is 69.7 Å². The summed E-state index contributed by atoms with van der Waals surface area (Å²) in [5.74, 6) is 0.622. The van der Waals surface area contributed by atoms with Gasteiger partial charge in [-0.1, -0.05) is 31.9 Å². The fourth-order valence-electron chi connectivity index (χ4n) is 1.93. The summed E-state index contributed by atoms with van der Waals surface area (Å²) < 4.78 is 10.2. The molecule has 21 heavy (non-hydrogen) atoms. The van der Waals surface area contributed by atoms with Crippen molar-refractivity contribution >= 4 is 17.5 Å². The van der Waals surface area contributed by atoms with E-state index < -0.39 is 29.6 Å². The third-order valence-corrected chi connectivity index (χ3v) is 2.98. The second kappa shape index (κ2) is 5.80. The molecule has 0 spiro atoms. The van der Waals surface area contributed by atoms with Crippen molar-refractivity contribution in [1.82, 2.24) is 0 Å². The van der Waals surface area contributed by atoms with Crippen molar-refractivity contribution in [2.24, 2.45) is 5.92 Å². The smallest absolute Gasteiger partial charge is 0.309 e. The molecule has 0 aliphatic heterocycles. The molecule has 0 saturated heterocycles. The summed E-state index contributed by atoms with van der Waals surface area (Å²) in [4.78, 5) is 36.1. The number of esters is 1. The van der Waals surface area contributed by atoms with Crippen LogP contribution in [0.1, 0.15) is 41.5 Å². The van der Waals surface area contributed by atoms with Crippen molar-refractivity contribution in [3.63, 3.8) is 0 Å². The molecule has 0 bridgehead atoms. The molecule has 5 nitrogen and oxygen atoms in total. The van der Waals surface area contributed by atoms with E-state index in [2.05, 4.69) is 12.0 Å². The predicted octanol–water partition coefficient (Wildman–Crippen LogP) is 1.99. The highest BCUT2D eigenvalue weighted by molar-refractivity contribution is 6.30. The highest BCUT2D eigenvalue weighted by Gasteiger charge is 2.43. The van der Waals surface area contributed by atoms with Gasteiger partial charge in [0.05, 0.1) is 11.5 Å². The summed E-state index contributed by atoms with van der Waals surface area (Å²) in [6.45, 7) is 4.85. The van der Waals surface area contributed by atoms with Gasteiger partial charge in [-0.25, -0.2) is 0 Å². The van der Waals surface area contributed by atoms with Crippen LogP contribution in [0, 0.1) is 17.9 Å². The first-order chi connectivity index (χ1) is 9.97. The predicted molar refractivity (Wildman–Crippen MR) is 73.9 cm³/mol. The minimum atomic E-state index is -1.42. The molecule has 2 rings (SSSR count). The standard InChI is InChI=1S/C16H14O5/c1-4-8-20-11-7-5-6-10-12(11)14(18)15(13(10)17)21-16(19)9(2)3/h5-7,9,15H,1-3H3. The average molecular weight is 286 g/mol. The van der Waals surface area contributed by atoms with E-state index in [-0.39, 0.29) is 16.9 Å². The summed E-state index contributed by atoms with van der Waals surface area (Å²) in [7, 11) is 0. The van der Waals surface area contributed by atoms with Crippen LogP contribution in [0.4, 0.5) is 0 Å². The Morgan fingerprint density at radius 1 is 1.24 bits per heavy atom. The number of hydrogen-bond donors (Lipinski definition) is 0. The first kappa shape index (κ1) is 14.8. The van der Waals surface area contributed by atoms with Gasteiger partial charge in [-0.05, 0) is 6.07 Å². The lowest BCUT2D eigenvalue weighted by Crippen LogP contribution is -2.30. The van der Waals surface area contributed by atoms with Crippen molar-refractivity contribution in [2.75, 3.05) is 0 Å². The zero-order chi connectivity index (χ0) is 15.6. The van der Waals surface area contributed by atoms with Crippen molar-refractivity contribution in [2.45, 2.75) is 26.9 Å². The molecule has 108 valence electrons. The number of benzene rings is 1. The highest BCUT2D eigenvalue weighted by atomic mass is 16.6. The van der Waals surface area contributed by atoms with Gasteiger partial charge in [0.2, 0.25) is 17.7 Å². The molecule has 0 heterocycles. The summed E-state index contributed by atoms with van der Waals surface area (Å²) >= 11 is 0. The molecule has 0 fully saturated rings. The van der Waals surface area contributed by atoms with E-state index in [4.69, 9.17) is 9.47 Å². The summed E-state index contributed by atoms with van der Waals surface area (Å²) in [6, 6.07) is 4.63. The second-order valence-electron chi connectivity index (χ2n) is 4.83. The SMILES string of the molecule is CC#COc1cccc2c1C(=O)C(OC(=O)C(C)C)C2=O. The van der Waals surface area contributed by atoms with Crippen LogP contribution in [0.5, 0.6) is 5.75 Å². The number of rotatable bonds is 3.